The van der Waals surface area contributed by atoms with Crippen LogP contribution in [0.5, 0.6) is 0 Å². The zero-order valence-electron chi connectivity index (χ0n) is 13.0. The van der Waals surface area contributed by atoms with Crippen LogP contribution in [0.4, 0.5) is 0 Å². The lowest BCUT2D eigenvalue weighted by molar-refractivity contribution is 0.595. The number of fused-ring (bicyclic) bond motifs is 1. The van der Waals surface area contributed by atoms with Crippen molar-refractivity contribution >= 4 is 11.6 Å². The lowest BCUT2D eigenvalue weighted by Gasteiger charge is -2.14. The lowest BCUT2D eigenvalue weighted by Crippen LogP contribution is -2.10. The summed E-state index contributed by atoms with van der Waals surface area (Å²) in [5.74, 6) is 0. The van der Waals surface area contributed by atoms with E-state index in [1.54, 1.807) is 0 Å². The molecule has 0 aliphatic heterocycles. The Labute approximate surface area is 141 Å². The van der Waals surface area contributed by atoms with Gasteiger partial charge >= 0.3 is 0 Å². The summed E-state index contributed by atoms with van der Waals surface area (Å²) in [6.45, 7) is 0.844. The zero-order chi connectivity index (χ0) is 15.6. The van der Waals surface area contributed by atoms with E-state index in [0.29, 0.717) is 0 Å². The van der Waals surface area contributed by atoms with Gasteiger partial charge in [-0.2, -0.15) is 5.10 Å². The maximum absolute atomic E-state index is 6.03. The maximum atomic E-state index is 6.03. The summed E-state index contributed by atoms with van der Waals surface area (Å²) in [5, 5.41) is 5.73. The van der Waals surface area contributed by atoms with Gasteiger partial charge in [0.15, 0.2) is 0 Å². The molecule has 0 atom stereocenters. The van der Waals surface area contributed by atoms with E-state index in [2.05, 4.69) is 47.1 Å². The molecule has 0 radical (unpaired) electrons. The molecule has 0 spiro atoms. The van der Waals surface area contributed by atoms with Crippen molar-refractivity contribution in [2.75, 3.05) is 0 Å². The third-order valence-electron chi connectivity index (χ3n) is 4.55. The van der Waals surface area contributed by atoms with Crippen LogP contribution < -0.4 is 0 Å². The smallest absolute Gasteiger partial charge is 0.0958 e. The quantitative estimate of drug-likeness (QED) is 0.653. The summed E-state index contributed by atoms with van der Waals surface area (Å²) < 4.78 is 2.20. The minimum atomic E-state index is 0.770. The molecule has 0 N–H and O–H groups in total. The average Bonchev–Trinajstić information content (AvgIpc) is 2.95. The van der Waals surface area contributed by atoms with Crippen LogP contribution in [0, 0.1) is 0 Å². The third kappa shape index (κ3) is 2.91. The standard InChI is InChI=1S/C20H19ClN2/c21-17-12-10-16(11-13-17)20-18-8-4-5-9-19(18)23(22-20)14-15-6-2-1-3-7-15/h1-3,6-7,10-13H,4-5,8-9,14H2. The SMILES string of the molecule is Clc1ccc(-c2nn(Cc3ccccc3)c3c2CCCC3)cc1. The Bertz CT molecular complexity index is 804. The van der Waals surface area contributed by atoms with Gasteiger partial charge in [0.05, 0.1) is 12.2 Å². The van der Waals surface area contributed by atoms with Crippen molar-refractivity contribution in [3.8, 4) is 11.3 Å². The van der Waals surface area contributed by atoms with Crippen molar-refractivity contribution in [3.05, 3.63) is 76.4 Å². The van der Waals surface area contributed by atoms with Crippen LogP contribution in [0.15, 0.2) is 54.6 Å². The van der Waals surface area contributed by atoms with Crippen LogP contribution in [0.3, 0.4) is 0 Å². The molecule has 1 heterocycles. The highest BCUT2D eigenvalue weighted by Crippen LogP contribution is 2.32. The molecule has 0 unspecified atom stereocenters. The summed E-state index contributed by atoms with van der Waals surface area (Å²) in [6.07, 6.45) is 4.77. The van der Waals surface area contributed by atoms with Gasteiger partial charge in [0.1, 0.15) is 0 Å². The minimum absolute atomic E-state index is 0.770. The van der Waals surface area contributed by atoms with Crippen LogP contribution in [-0.2, 0) is 19.4 Å². The fourth-order valence-electron chi connectivity index (χ4n) is 3.40. The van der Waals surface area contributed by atoms with E-state index in [9.17, 15) is 0 Å². The summed E-state index contributed by atoms with van der Waals surface area (Å²) >= 11 is 6.03. The molecule has 2 aromatic carbocycles. The minimum Gasteiger partial charge on any atom is -0.264 e. The zero-order valence-corrected chi connectivity index (χ0v) is 13.8. The lowest BCUT2D eigenvalue weighted by atomic mass is 9.93. The molecule has 0 amide bonds. The largest absolute Gasteiger partial charge is 0.264 e. The first-order valence-corrected chi connectivity index (χ1v) is 8.57. The van der Waals surface area contributed by atoms with Crippen molar-refractivity contribution in [2.45, 2.75) is 32.2 Å². The van der Waals surface area contributed by atoms with Gasteiger partial charge in [0.25, 0.3) is 0 Å². The molecule has 116 valence electrons. The molecule has 0 saturated heterocycles. The van der Waals surface area contributed by atoms with E-state index < -0.39 is 0 Å². The molecular formula is C20H19ClN2. The topological polar surface area (TPSA) is 17.8 Å². The van der Waals surface area contributed by atoms with Crippen molar-refractivity contribution in [3.63, 3.8) is 0 Å². The summed E-state index contributed by atoms with van der Waals surface area (Å²) in [5.41, 5.74) is 6.43. The second-order valence-electron chi connectivity index (χ2n) is 6.13. The molecule has 23 heavy (non-hydrogen) atoms. The number of hydrogen-bond acceptors (Lipinski definition) is 1. The Balaban J connectivity index is 1.77. The van der Waals surface area contributed by atoms with Crippen molar-refractivity contribution < 1.29 is 0 Å². The summed E-state index contributed by atoms with van der Waals surface area (Å²) in [6, 6.07) is 18.6. The van der Waals surface area contributed by atoms with Gasteiger partial charge in [-0.25, -0.2) is 0 Å². The van der Waals surface area contributed by atoms with E-state index in [1.807, 2.05) is 12.1 Å². The van der Waals surface area contributed by atoms with Crippen molar-refractivity contribution in [1.82, 2.24) is 9.78 Å². The number of nitrogens with zero attached hydrogens (tertiary/aromatic N) is 2. The molecular weight excluding hydrogens is 304 g/mol. The number of halogens is 1. The number of hydrogen-bond donors (Lipinski definition) is 0. The van der Waals surface area contributed by atoms with Gasteiger partial charge in [0.2, 0.25) is 0 Å². The number of aromatic nitrogens is 2. The average molecular weight is 323 g/mol. The molecule has 1 aromatic heterocycles. The highest BCUT2D eigenvalue weighted by Gasteiger charge is 2.21. The normalized spacial score (nSPS) is 13.8. The second-order valence-corrected chi connectivity index (χ2v) is 6.57. The van der Waals surface area contributed by atoms with E-state index in [4.69, 9.17) is 16.7 Å². The second kappa shape index (κ2) is 6.21. The fourth-order valence-corrected chi connectivity index (χ4v) is 3.52. The van der Waals surface area contributed by atoms with Crippen molar-refractivity contribution in [2.24, 2.45) is 0 Å². The molecule has 2 nitrogen and oxygen atoms in total. The highest BCUT2D eigenvalue weighted by atomic mass is 35.5. The Hall–Kier alpha value is -2.06. The fraction of sp³-hybridized carbons (Fsp3) is 0.250. The van der Waals surface area contributed by atoms with Gasteiger partial charge in [-0.05, 0) is 43.4 Å². The van der Waals surface area contributed by atoms with Gasteiger partial charge in [-0.3, -0.25) is 4.68 Å². The summed E-state index contributed by atoms with van der Waals surface area (Å²) in [4.78, 5) is 0. The first-order valence-electron chi connectivity index (χ1n) is 8.20. The molecule has 4 rings (SSSR count). The van der Waals surface area contributed by atoms with E-state index >= 15 is 0 Å². The third-order valence-corrected chi connectivity index (χ3v) is 4.80. The predicted molar refractivity (Wildman–Crippen MR) is 94.9 cm³/mol. The van der Waals surface area contributed by atoms with Crippen LogP contribution >= 0.6 is 11.6 Å². The molecule has 1 aliphatic carbocycles. The highest BCUT2D eigenvalue weighted by molar-refractivity contribution is 6.30. The Morgan fingerprint density at radius 3 is 2.43 bits per heavy atom. The first kappa shape index (κ1) is 14.5. The van der Waals surface area contributed by atoms with Gasteiger partial charge in [-0.15, -0.1) is 0 Å². The maximum Gasteiger partial charge on any atom is 0.0958 e. The van der Waals surface area contributed by atoms with Gasteiger partial charge in [-0.1, -0.05) is 54.1 Å². The molecule has 1 aliphatic rings. The number of rotatable bonds is 3. The number of benzene rings is 2. The first-order chi connectivity index (χ1) is 11.3. The molecule has 0 fully saturated rings. The van der Waals surface area contributed by atoms with E-state index in [-0.39, 0.29) is 0 Å². The van der Waals surface area contributed by atoms with E-state index in [1.165, 1.54) is 35.2 Å². The Kier molecular flexibility index (Phi) is 3.92. The van der Waals surface area contributed by atoms with Crippen LogP contribution in [0.25, 0.3) is 11.3 Å². The molecule has 3 heteroatoms. The Morgan fingerprint density at radius 1 is 0.913 bits per heavy atom. The summed E-state index contributed by atoms with van der Waals surface area (Å²) in [7, 11) is 0. The Morgan fingerprint density at radius 2 is 1.65 bits per heavy atom. The predicted octanol–water partition coefficient (Wildman–Crippen LogP) is 5.13. The van der Waals surface area contributed by atoms with Crippen LogP contribution in [0.2, 0.25) is 5.02 Å². The van der Waals surface area contributed by atoms with Crippen LogP contribution in [-0.4, -0.2) is 9.78 Å². The molecule has 0 bridgehead atoms. The van der Waals surface area contributed by atoms with Crippen LogP contribution in [0.1, 0.15) is 29.7 Å². The van der Waals surface area contributed by atoms with Gasteiger partial charge < -0.3 is 0 Å². The van der Waals surface area contributed by atoms with Gasteiger partial charge in [0, 0.05) is 21.8 Å². The monoisotopic (exact) mass is 322 g/mol. The van der Waals surface area contributed by atoms with Crippen molar-refractivity contribution in [1.29, 1.82) is 0 Å². The van der Waals surface area contributed by atoms with E-state index in [0.717, 1.165) is 30.1 Å². The molecule has 3 aromatic rings. The molecule has 0 saturated carbocycles.